The zero-order valence-corrected chi connectivity index (χ0v) is 19.5. The van der Waals surface area contributed by atoms with Crippen LogP contribution in [-0.2, 0) is 4.74 Å². The summed E-state index contributed by atoms with van der Waals surface area (Å²) in [7, 11) is 0. The Balaban J connectivity index is 1.38. The molecule has 8 nitrogen and oxygen atoms in total. The smallest absolute Gasteiger partial charge is 0.410 e. The molecule has 0 aliphatic carbocycles. The van der Waals surface area contributed by atoms with Crippen molar-refractivity contribution in [2.75, 3.05) is 39.3 Å². The maximum atomic E-state index is 12.6. The molecule has 1 fully saturated rings. The van der Waals surface area contributed by atoms with Crippen molar-refractivity contribution >= 4 is 23.3 Å². The fourth-order valence-corrected chi connectivity index (χ4v) is 4.23. The molecule has 0 radical (unpaired) electrons. The second-order valence-electron chi connectivity index (χ2n) is 8.57. The molecule has 3 rings (SSSR count). The molecule has 9 heteroatoms. The third-order valence-electron chi connectivity index (χ3n) is 4.85. The molecule has 0 unspecified atom stereocenters. The molecule has 1 saturated heterocycles. The number of nitrogens with zero attached hydrogens (tertiary/aromatic N) is 4. The van der Waals surface area contributed by atoms with Gasteiger partial charge in [-0.05, 0) is 52.8 Å². The minimum absolute atomic E-state index is 0.0908. The summed E-state index contributed by atoms with van der Waals surface area (Å²) in [5.74, 6) is -0.0908. The van der Waals surface area contributed by atoms with Gasteiger partial charge in [-0.2, -0.15) is 0 Å². The predicted molar refractivity (Wildman–Crippen MR) is 121 cm³/mol. The van der Waals surface area contributed by atoms with Crippen LogP contribution in [0.3, 0.4) is 0 Å². The van der Waals surface area contributed by atoms with Crippen LogP contribution in [0.1, 0.15) is 42.6 Å². The van der Waals surface area contributed by atoms with Gasteiger partial charge in [0.1, 0.15) is 15.5 Å². The van der Waals surface area contributed by atoms with Gasteiger partial charge < -0.3 is 15.0 Å². The van der Waals surface area contributed by atoms with Crippen molar-refractivity contribution in [3.63, 3.8) is 0 Å². The standard InChI is InChI=1S/C22H31N5O3S/c1-16-18(31-20(25-16)17-8-5-6-9-23-17)19(28)24-10-7-11-26-12-14-27(15-13-26)21(29)30-22(2,3)4/h5-6,8-9H,7,10-15H2,1-4H3,(H,24,28). The number of ether oxygens (including phenoxy) is 1. The number of aryl methyl sites for hydroxylation is 1. The van der Waals surface area contributed by atoms with Crippen LogP contribution in [0.5, 0.6) is 0 Å². The lowest BCUT2D eigenvalue weighted by Crippen LogP contribution is -2.50. The van der Waals surface area contributed by atoms with E-state index >= 15 is 0 Å². The molecule has 1 N–H and O–H groups in total. The van der Waals surface area contributed by atoms with Crippen LogP contribution in [-0.4, -0.2) is 76.6 Å². The van der Waals surface area contributed by atoms with Gasteiger partial charge in [-0.1, -0.05) is 6.07 Å². The van der Waals surface area contributed by atoms with Crippen LogP contribution in [0.2, 0.25) is 0 Å². The number of hydrogen-bond donors (Lipinski definition) is 1. The molecule has 1 aliphatic heterocycles. The van der Waals surface area contributed by atoms with E-state index in [1.807, 2.05) is 45.9 Å². The molecule has 2 aromatic heterocycles. The van der Waals surface area contributed by atoms with Crippen molar-refractivity contribution < 1.29 is 14.3 Å². The van der Waals surface area contributed by atoms with Gasteiger partial charge in [-0.15, -0.1) is 11.3 Å². The molecule has 0 atom stereocenters. The average Bonchev–Trinajstić information content (AvgIpc) is 3.13. The van der Waals surface area contributed by atoms with Crippen LogP contribution < -0.4 is 5.32 Å². The molecule has 3 heterocycles. The number of aromatic nitrogens is 2. The lowest BCUT2D eigenvalue weighted by Gasteiger charge is -2.35. The van der Waals surface area contributed by atoms with Crippen LogP contribution in [0.4, 0.5) is 4.79 Å². The first kappa shape index (κ1) is 23.1. The summed E-state index contributed by atoms with van der Waals surface area (Å²) >= 11 is 1.37. The van der Waals surface area contributed by atoms with Crippen molar-refractivity contribution in [1.29, 1.82) is 0 Å². The van der Waals surface area contributed by atoms with Crippen molar-refractivity contribution in [2.45, 2.75) is 39.7 Å². The summed E-state index contributed by atoms with van der Waals surface area (Å²) in [6.07, 6.45) is 2.33. The van der Waals surface area contributed by atoms with E-state index in [-0.39, 0.29) is 12.0 Å². The zero-order valence-electron chi connectivity index (χ0n) is 18.7. The second-order valence-corrected chi connectivity index (χ2v) is 9.57. The maximum Gasteiger partial charge on any atom is 0.410 e. The second kappa shape index (κ2) is 10.2. The summed E-state index contributed by atoms with van der Waals surface area (Å²) in [5, 5.41) is 3.75. The number of rotatable bonds is 6. The molecule has 0 spiro atoms. The third kappa shape index (κ3) is 6.73. The summed E-state index contributed by atoms with van der Waals surface area (Å²) in [5.41, 5.74) is 1.03. The lowest BCUT2D eigenvalue weighted by atomic mass is 10.2. The van der Waals surface area contributed by atoms with Crippen molar-refractivity contribution in [3.8, 4) is 10.7 Å². The molecule has 2 aromatic rings. The van der Waals surface area contributed by atoms with Gasteiger partial charge in [-0.3, -0.25) is 14.7 Å². The zero-order chi connectivity index (χ0) is 22.4. The first-order chi connectivity index (χ1) is 14.7. The molecular formula is C22H31N5O3S. The first-order valence-corrected chi connectivity index (χ1v) is 11.4. The quantitative estimate of drug-likeness (QED) is 0.687. The Morgan fingerprint density at radius 2 is 1.94 bits per heavy atom. The molecule has 2 amide bonds. The predicted octanol–water partition coefficient (Wildman–Crippen LogP) is 3.19. The molecule has 0 aromatic carbocycles. The number of thiazole rings is 1. The third-order valence-corrected chi connectivity index (χ3v) is 6.03. The molecule has 168 valence electrons. The summed E-state index contributed by atoms with van der Waals surface area (Å²) in [6.45, 7) is 11.9. The van der Waals surface area contributed by atoms with Crippen molar-refractivity contribution in [1.82, 2.24) is 25.1 Å². The Kier molecular flexibility index (Phi) is 7.61. The Morgan fingerprint density at radius 3 is 2.58 bits per heavy atom. The van der Waals surface area contributed by atoms with Crippen LogP contribution in [0.15, 0.2) is 24.4 Å². The van der Waals surface area contributed by atoms with E-state index in [0.717, 1.165) is 42.5 Å². The maximum absolute atomic E-state index is 12.6. The van der Waals surface area contributed by atoms with Gasteiger partial charge in [0.25, 0.3) is 5.91 Å². The lowest BCUT2D eigenvalue weighted by molar-refractivity contribution is 0.0144. The summed E-state index contributed by atoms with van der Waals surface area (Å²) < 4.78 is 5.43. The van der Waals surface area contributed by atoms with E-state index in [1.54, 1.807) is 11.1 Å². The highest BCUT2D eigenvalue weighted by Gasteiger charge is 2.25. The molecular weight excluding hydrogens is 414 g/mol. The SMILES string of the molecule is Cc1nc(-c2ccccn2)sc1C(=O)NCCCN1CCN(C(=O)OC(C)(C)C)CC1. The first-order valence-electron chi connectivity index (χ1n) is 10.6. The monoisotopic (exact) mass is 445 g/mol. The van der Waals surface area contributed by atoms with E-state index in [0.29, 0.717) is 24.5 Å². The summed E-state index contributed by atoms with van der Waals surface area (Å²) in [6, 6.07) is 5.66. The van der Waals surface area contributed by atoms with E-state index in [2.05, 4.69) is 20.2 Å². The molecule has 31 heavy (non-hydrogen) atoms. The van der Waals surface area contributed by atoms with Gasteiger partial charge in [0.2, 0.25) is 0 Å². The Labute approximate surface area is 187 Å². The highest BCUT2D eigenvalue weighted by molar-refractivity contribution is 7.17. The van der Waals surface area contributed by atoms with Gasteiger partial charge in [0.05, 0.1) is 11.4 Å². The minimum Gasteiger partial charge on any atom is -0.444 e. The Bertz CT molecular complexity index is 886. The number of amides is 2. The van der Waals surface area contributed by atoms with Crippen molar-refractivity contribution in [3.05, 3.63) is 35.0 Å². The molecule has 0 bridgehead atoms. The largest absolute Gasteiger partial charge is 0.444 e. The number of carbonyl (C=O) groups is 2. The van der Waals surface area contributed by atoms with Gasteiger partial charge in [-0.25, -0.2) is 9.78 Å². The number of nitrogens with one attached hydrogen (secondary N) is 1. The van der Waals surface area contributed by atoms with Crippen molar-refractivity contribution in [2.24, 2.45) is 0 Å². The van der Waals surface area contributed by atoms with E-state index in [4.69, 9.17) is 4.74 Å². The fourth-order valence-electron chi connectivity index (χ4n) is 3.27. The van der Waals surface area contributed by atoms with Crippen LogP contribution >= 0.6 is 11.3 Å². The molecule has 1 aliphatic rings. The van der Waals surface area contributed by atoms with Crippen LogP contribution in [0, 0.1) is 6.92 Å². The fraction of sp³-hybridized carbons (Fsp3) is 0.545. The normalized spacial score (nSPS) is 15.0. The molecule has 0 saturated carbocycles. The summed E-state index contributed by atoms with van der Waals surface area (Å²) in [4.78, 5) is 38.2. The van der Waals surface area contributed by atoms with E-state index in [9.17, 15) is 9.59 Å². The number of carbonyl (C=O) groups excluding carboxylic acids is 2. The average molecular weight is 446 g/mol. The van der Waals surface area contributed by atoms with E-state index < -0.39 is 5.60 Å². The highest BCUT2D eigenvalue weighted by Crippen LogP contribution is 2.26. The number of piperazine rings is 1. The highest BCUT2D eigenvalue weighted by atomic mass is 32.1. The van der Waals surface area contributed by atoms with Gasteiger partial charge in [0.15, 0.2) is 0 Å². The van der Waals surface area contributed by atoms with E-state index in [1.165, 1.54) is 11.3 Å². The minimum atomic E-state index is -0.471. The van der Waals surface area contributed by atoms with Gasteiger partial charge in [0, 0.05) is 38.9 Å². The number of hydrogen-bond acceptors (Lipinski definition) is 7. The van der Waals surface area contributed by atoms with Gasteiger partial charge >= 0.3 is 6.09 Å². The Morgan fingerprint density at radius 1 is 1.19 bits per heavy atom. The topological polar surface area (TPSA) is 87.7 Å². The number of pyridine rings is 1. The van der Waals surface area contributed by atoms with Crippen LogP contribution in [0.25, 0.3) is 10.7 Å². The Hall–Kier alpha value is -2.52.